The molecule has 0 aliphatic carbocycles. The van der Waals surface area contributed by atoms with Crippen LogP contribution in [0, 0.1) is 5.82 Å². The highest BCUT2D eigenvalue weighted by Gasteiger charge is 2.31. The van der Waals surface area contributed by atoms with Crippen molar-refractivity contribution in [2.24, 2.45) is 5.73 Å². The van der Waals surface area contributed by atoms with Gasteiger partial charge >= 0.3 is 0 Å². The van der Waals surface area contributed by atoms with Gasteiger partial charge in [-0.3, -0.25) is 4.79 Å². The first kappa shape index (κ1) is 15.0. The highest BCUT2D eigenvalue weighted by Crippen LogP contribution is 2.28. The van der Waals surface area contributed by atoms with E-state index in [0.717, 1.165) is 4.90 Å². The lowest BCUT2D eigenvalue weighted by Gasteiger charge is -2.28. The molecule has 0 spiro atoms. The molecule has 0 fully saturated rings. The van der Waals surface area contributed by atoms with Crippen LogP contribution >= 0.6 is 11.8 Å². The normalized spacial score (nSPS) is 16.0. The van der Waals surface area contributed by atoms with Crippen molar-refractivity contribution in [3.63, 3.8) is 0 Å². The van der Waals surface area contributed by atoms with Crippen molar-refractivity contribution in [2.75, 3.05) is 7.05 Å². The Morgan fingerprint density at radius 1 is 1.50 bits per heavy atom. The van der Waals surface area contributed by atoms with Crippen molar-refractivity contribution >= 4 is 17.7 Å². The minimum atomic E-state index is -0.716. The number of likely N-dealkylation sites (N-methyl/N-ethyl adjacent to an activating group) is 1. The van der Waals surface area contributed by atoms with Crippen molar-refractivity contribution in [2.45, 2.75) is 36.0 Å². The van der Waals surface area contributed by atoms with E-state index >= 15 is 0 Å². The van der Waals surface area contributed by atoms with Crippen LogP contribution in [0.2, 0.25) is 0 Å². The van der Waals surface area contributed by atoms with Gasteiger partial charge in [0.1, 0.15) is 5.82 Å². The standard InChI is InChI=1S/C13H19FN2OS/c1-9(8-13(2,16-3)12(15)17)18-11-6-4-10(14)5-7-11/h4-7,9,16H,8H2,1-3H3,(H2,15,17). The number of carbonyl (C=O) groups is 1. The Kier molecular flexibility index (Phi) is 5.16. The Morgan fingerprint density at radius 2 is 2.06 bits per heavy atom. The first-order valence-electron chi connectivity index (χ1n) is 5.78. The lowest BCUT2D eigenvalue weighted by atomic mass is 9.95. The maximum Gasteiger partial charge on any atom is 0.237 e. The minimum Gasteiger partial charge on any atom is -0.368 e. The number of primary amides is 1. The monoisotopic (exact) mass is 270 g/mol. The van der Waals surface area contributed by atoms with Gasteiger partial charge in [-0.25, -0.2) is 4.39 Å². The molecule has 3 nitrogen and oxygen atoms in total. The quantitative estimate of drug-likeness (QED) is 0.779. The van der Waals surface area contributed by atoms with Crippen LogP contribution < -0.4 is 11.1 Å². The fourth-order valence-electron chi connectivity index (χ4n) is 1.69. The molecule has 2 atom stereocenters. The number of benzene rings is 1. The molecular formula is C13H19FN2OS. The van der Waals surface area contributed by atoms with Gasteiger partial charge in [0, 0.05) is 10.1 Å². The molecule has 0 radical (unpaired) electrons. The lowest BCUT2D eigenvalue weighted by Crippen LogP contribution is -2.52. The fraction of sp³-hybridized carbons (Fsp3) is 0.462. The van der Waals surface area contributed by atoms with E-state index in [2.05, 4.69) is 5.32 Å². The third kappa shape index (κ3) is 3.99. The molecule has 0 saturated heterocycles. The van der Waals surface area contributed by atoms with Crippen molar-refractivity contribution < 1.29 is 9.18 Å². The smallest absolute Gasteiger partial charge is 0.237 e. The molecule has 1 aromatic carbocycles. The van der Waals surface area contributed by atoms with Crippen LogP contribution in [0.1, 0.15) is 20.3 Å². The number of carbonyl (C=O) groups excluding carboxylic acids is 1. The number of nitrogens with one attached hydrogen (secondary N) is 1. The molecule has 0 aromatic heterocycles. The second-order valence-electron chi connectivity index (χ2n) is 4.53. The van der Waals surface area contributed by atoms with Gasteiger partial charge in [-0.15, -0.1) is 11.8 Å². The first-order valence-corrected chi connectivity index (χ1v) is 6.66. The van der Waals surface area contributed by atoms with E-state index < -0.39 is 5.54 Å². The number of hydrogen-bond donors (Lipinski definition) is 2. The van der Waals surface area contributed by atoms with E-state index in [9.17, 15) is 9.18 Å². The molecule has 1 amide bonds. The highest BCUT2D eigenvalue weighted by molar-refractivity contribution is 7.99. The van der Waals surface area contributed by atoms with Crippen LogP contribution in [0.4, 0.5) is 4.39 Å². The van der Waals surface area contributed by atoms with E-state index in [1.54, 1.807) is 37.9 Å². The predicted molar refractivity (Wildman–Crippen MR) is 73.0 cm³/mol. The second kappa shape index (κ2) is 6.20. The number of hydrogen-bond acceptors (Lipinski definition) is 3. The van der Waals surface area contributed by atoms with Gasteiger partial charge < -0.3 is 11.1 Å². The van der Waals surface area contributed by atoms with Crippen LogP contribution in [0.3, 0.4) is 0 Å². The molecule has 1 aromatic rings. The van der Waals surface area contributed by atoms with E-state index in [1.165, 1.54) is 12.1 Å². The summed E-state index contributed by atoms with van der Waals surface area (Å²) in [6.45, 7) is 3.81. The summed E-state index contributed by atoms with van der Waals surface area (Å²) in [6.07, 6.45) is 0.612. The second-order valence-corrected chi connectivity index (χ2v) is 6.04. The van der Waals surface area contributed by atoms with Gasteiger partial charge in [-0.1, -0.05) is 6.92 Å². The Balaban J connectivity index is 2.63. The lowest BCUT2D eigenvalue weighted by molar-refractivity contribution is -0.123. The summed E-state index contributed by atoms with van der Waals surface area (Å²) in [6, 6.07) is 6.33. The Morgan fingerprint density at radius 3 is 2.50 bits per heavy atom. The molecule has 3 N–H and O–H groups in total. The van der Waals surface area contributed by atoms with Crippen molar-refractivity contribution in [3.8, 4) is 0 Å². The molecule has 0 saturated carbocycles. The number of halogens is 1. The highest BCUT2D eigenvalue weighted by atomic mass is 32.2. The zero-order valence-corrected chi connectivity index (χ0v) is 11.7. The molecule has 0 aliphatic heterocycles. The molecule has 100 valence electrons. The first-order chi connectivity index (χ1) is 8.37. The molecule has 1 rings (SSSR count). The van der Waals surface area contributed by atoms with Gasteiger partial charge in [-0.2, -0.15) is 0 Å². The minimum absolute atomic E-state index is 0.195. The van der Waals surface area contributed by atoms with Crippen molar-refractivity contribution in [1.29, 1.82) is 0 Å². The van der Waals surface area contributed by atoms with Gasteiger partial charge in [-0.05, 0) is 44.7 Å². The third-order valence-corrected chi connectivity index (χ3v) is 4.06. The summed E-state index contributed by atoms with van der Waals surface area (Å²) in [5.74, 6) is -0.610. The SMILES string of the molecule is CNC(C)(CC(C)Sc1ccc(F)cc1)C(N)=O. The van der Waals surface area contributed by atoms with Crippen molar-refractivity contribution in [1.82, 2.24) is 5.32 Å². The number of amides is 1. The summed E-state index contributed by atoms with van der Waals surface area (Å²) in [7, 11) is 1.72. The van der Waals surface area contributed by atoms with Gasteiger partial charge in [0.05, 0.1) is 5.54 Å². The Hall–Kier alpha value is -1.07. The Bertz CT molecular complexity index is 410. The molecule has 0 bridgehead atoms. The van der Waals surface area contributed by atoms with E-state index in [1.807, 2.05) is 6.92 Å². The molecular weight excluding hydrogens is 251 g/mol. The molecule has 5 heteroatoms. The van der Waals surface area contributed by atoms with E-state index in [-0.39, 0.29) is 17.0 Å². The average Bonchev–Trinajstić information content (AvgIpc) is 2.31. The van der Waals surface area contributed by atoms with Crippen LogP contribution in [0.5, 0.6) is 0 Å². The summed E-state index contributed by atoms with van der Waals surface area (Å²) in [5.41, 5.74) is 4.67. The van der Waals surface area contributed by atoms with E-state index in [4.69, 9.17) is 5.73 Å². The summed E-state index contributed by atoms with van der Waals surface area (Å²) in [5, 5.41) is 3.15. The summed E-state index contributed by atoms with van der Waals surface area (Å²) >= 11 is 1.60. The predicted octanol–water partition coefficient (Wildman–Crippen LogP) is 2.16. The third-order valence-electron chi connectivity index (χ3n) is 2.94. The van der Waals surface area contributed by atoms with Crippen LogP contribution in [-0.4, -0.2) is 23.7 Å². The number of nitrogens with two attached hydrogens (primary N) is 1. The topological polar surface area (TPSA) is 55.1 Å². The van der Waals surface area contributed by atoms with Gasteiger partial charge in [0.25, 0.3) is 0 Å². The number of rotatable bonds is 6. The largest absolute Gasteiger partial charge is 0.368 e. The molecule has 0 heterocycles. The van der Waals surface area contributed by atoms with Crippen LogP contribution in [-0.2, 0) is 4.79 Å². The molecule has 18 heavy (non-hydrogen) atoms. The summed E-state index contributed by atoms with van der Waals surface area (Å²) in [4.78, 5) is 12.4. The van der Waals surface area contributed by atoms with E-state index in [0.29, 0.717) is 6.42 Å². The van der Waals surface area contributed by atoms with Crippen LogP contribution in [0.25, 0.3) is 0 Å². The average molecular weight is 270 g/mol. The Labute approximate surface area is 111 Å². The maximum absolute atomic E-state index is 12.8. The summed E-state index contributed by atoms with van der Waals surface area (Å²) < 4.78 is 12.8. The number of thioether (sulfide) groups is 1. The van der Waals surface area contributed by atoms with Gasteiger partial charge in [0.15, 0.2) is 0 Å². The van der Waals surface area contributed by atoms with Crippen LogP contribution in [0.15, 0.2) is 29.2 Å². The van der Waals surface area contributed by atoms with Crippen molar-refractivity contribution in [3.05, 3.63) is 30.1 Å². The zero-order chi connectivity index (χ0) is 13.8. The fourth-order valence-corrected chi connectivity index (χ4v) is 2.86. The maximum atomic E-state index is 12.8. The zero-order valence-electron chi connectivity index (χ0n) is 10.9. The molecule has 2 unspecified atom stereocenters. The van der Waals surface area contributed by atoms with Gasteiger partial charge in [0.2, 0.25) is 5.91 Å². The molecule has 0 aliphatic rings.